The first-order valence-corrected chi connectivity index (χ1v) is 11.3. The minimum absolute atomic E-state index is 0.139. The number of rotatable bonds is 8. The van der Waals surface area contributed by atoms with Crippen molar-refractivity contribution in [3.8, 4) is 11.5 Å². The number of halogens is 2. The fraction of sp³-hybridized carbons (Fsp3) is 0.308. The second-order valence-electron chi connectivity index (χ2n) is 7.91. The van der Waals surface area contributed by atoms with Crippen LogP contribution in [0.25, 0.3) is 0 Å². The van der Waals surface area contributed by atoms with Crippen molar-refractivity contribution in [3.05, 3.63) is 89.2 Å². The van der Waals surface area contributed by atoms with E-state index in [4.69, 9.17) is 21.1 Å². The molecule has 0 aromatic heterocycles. The molecular weight excluding hydrogens is 427 g/mol. The largest absolute Gasteiger partial charge is 0.497 e. The van der Waals surface area contributed by atoms with Gasteiger partial charge in [0.2, 0.25) is 0 Å². The van der Waals surface area contributed by atoms with E-state index < -0.39 is 0 Å². The number of anilines is 1. The Morgan fingerprint density at radius 1 is 0.938 bits per heavy atom. The molecule has 3 aromatic carbocycles. The van der Waals surface area contributed by atoms with Gasteiger partial charge < -0.3 is 14.4 Å². The molecule has 1 aliphatic rings. The van der Waals surface area contributed by atoms with Crippen LogP contribution >= 0.6 is 11.6 Å². The summed E-state index contributed by atoms with van der Waals surface area (Å²) in [6.07, 6.45) is 0.690. The Balaban J connectivity index is 1.40. The van der Waals surface area contributed by atoms with Crippen molar-refractivity contribution >= 4 is 17.3 Å². The van der Waals surface area contributed by atoms with E-state index in [1.165, 1.54) is 12.1 Å². The lowest BCUT2D eigenvalue weighted by Crippen LogP contribution is -2.46. The lowest BCUT2D eigenvalue weighted by atomic mass is 10.1. The summed E-state index contributed by atoms with van der Waals surface area (Å²) in [6, 6.07) is 22.3. The molecule has 1 fully saturated rings. The van der Waals surface area contributed by atoms with Gasteiger partial charge in [-0.2, -0.15) is 0 Å². The summed E-state index contributed by atoms with van der Waals surface area (Å²) in [6.45, 7) is 4.65. The number of benzene rings is 3. The molecule has 1 unspecified atom stereocenters. The van der Waals surface area contributed by atoms with Gasteiger partial charge in [0.15, 0.2) is 0 Å². The molecule has 0 N–H and O–H groups in total. The molecule has 1 aliphatic heterocycles. The van der Waals surface area contributed by atoms with Crippen molar-refractivity contribution in [1.29, 1.82) is 0 Å². The molecule has 4 nitrogen and oxygen atoms in total. The zero-order chi connectivity index (χ0) is 22.3. The summed E-state index contributed by atoms with van der Waals surface area (Å²) in [4.78, 5) is 4.75. The van der Waals surface area contributed by atoms with Crippen molar-refractivity contribution in [3.63, 3.8) is 0 Å². The van der Waals surface area contributed by atoms with Gasteiger partial charge in [-0.15, -0.1) is 0 Å². The standard InChI is InChI=1S/C26H28ClFN2O2/c1-31-23-6-4-5-20(19-23)25(32-26-8-3-2-7-24(26)27)13-14-29-15-17-30(18-16-29)22-11-9-21(28)10-12-22/h2-12,19,25H,13-18H2,1H3. The molecule has 6 heteroatoms. The Kier molecular flexibility index (Phi) is 7.51. The Morgan fingerprint density at radius 3 is 2.41 bits per heavy atom. The Hall–Kier alpha value is -2.76. The number of nitrogens with zero attached hydrogens (tertiary/aromatic N) is 2. The first-order valence-electron chi connectivity index (χ1n) is 10.9. The van der Waals surface area contributed by atoms with Gasteiger partial charge in [0, 0.05) is 44.8 Å². The van der Waals surface area contributed by atoms with E-state index in [1.54, 1.807) is 7.11 Å². The number of hydrogen-bond acceptors (Lipinski definition) is 4. The first kappa shape index (κ1) is 22.4. The maximum Gasteiger partial charge on any atom is 0.138 e. The fourth-order valence-electron chi connectivity index (χ4n) is 4.01. The van der Waals surface area contributed by atoms with E-state index in [0.29, 0.717) is 10.8 Å². The molecular formula is C26H28ClFN2O2. The van der Waals surface area contributed by atoms with Crippen LogP contribution in [0.5, 0.6) is 11.5 Å². The summed E-state index contributed by atoms with van der Waals surface area (Å²) in [5.74, 6) is 1.29. The second-order valence-corrected chi connectivity index (χ2v) is 8.31. The maximum atomic E-state index is 13.2. The number of piperazine rings is 1. The van der Waals surface area contributed by atoms with Crippen molar-refractivity contribution in [2.45, 2.75) is 12.5 Å². The van der Waals surface area contributed by atoms with Gasteiger partial charge in [0.1, 0.15) is 23.4 Å². The van der Waals surface area contributed by atoms with Crippen LogP contribution in [0, 0.1) is 5.82 Å². The summed E-state index contributed by atoms with van der Waals surface area (Å²) >= 11 is 6.36. The van der Waals surface area contributed by atoms with Gasteiger partial charge in [-0.1, -0.05) is 35.9 Å². The van der Waals surface area contributed by atoms with E-state index in [0.717, 1.165) is 56.1 Å². The lowest BCUT2D eigenvalue weighted by Gasteiger charge is -2.36. The van der Waals surface area contributed by atoms with Crippen LogP contribution in [0.15, 0.2) is 72.8 Å². The molecule has 168 valence electrons. The molecule has 3 aromatic rings. The molecule has 1 heterocycles. The van der Waals surface area contributed by atoms with Crippen LogP contribution in [-0.2, 0) is 0 Å². The SMILES string of the molecule is COc1cccc(C(CCN2CCN(c3ccc(F)cc3)CC2)Oc2ccccc2Cl)c1. The minimum atomic E-state index is -0.200. The van der Waals surface area contributed by atoms with E-state index >= 15 is 0 Å². The van der Waals surface area contributed by atoms with Crippen LogP contribution in [0.2, 0.25) is 5.02 Å². The van der Waals surface area contributed by atoms with Crippen molar-refractivity contribution in [2.75, 3.05) is 44.7 Å². The molecule has 0 aliphatic carbocycles. The molecule has 1 atom stereocenters. The normalized spacial score (nSPS) is 15.4. The Morgan fingerprint density at radius 2 is 1.69 bits per heavy atom. The zero-order valence-electron chi connectivity index (χ0n) is 18.2. The quantitative estimate of drug-likeness (QED) is 0.428. The van der Waals surface area contributed by atoms with Gasteiger partial charge >= 0.3 is 0 Å². The van der Waals surface area contributed by atoms with E-state index in [-0.39, 0.29) is 11.9 Å². The van der Waals surface area contributed by atoms with Gasteiger partial charge in [0.05, 0.1) is 12.1 Å². The lowest BCUT2D eigenvalue weighted by molar-refractivity contribution is 0.160. The second kappa shape index (κ2) is 10.7. The van der Waals surface area contributed by atoms with Crippen molar-refractivity contribution in [1.82, 2.24) is 4.90 Å². The molecule has 0 amide bonds. The third-order valence-corrected chi connectivity index (χ3v) is 6.16. The third-order valence-electron chi connectivity index (χ3n) is 5.84. The van der Waals surface area contributed by atoms with Gasteiger partial charge in [0.25, 0.3) is 0 Å². The number of hydrogen-bond donors (Lipinski definition) is 0. The Labute approximate surface area is 194 Å². The van der Waals surface area contributed by atoms with E-state index in [9.17, 15) is 4.39 Å². The third kappa shape index (κ3) is 5.72. The van der Waals surface area contributed by atoms with Crippen LogP contribution in [0.3, 0.4) is 0 Å². The monoisotopic (exact) mass is 454 g/mol. The smallest absolute Gasteiger partial charge is 0.138 e. The van der Waals surface area contributed by atoms with Gasteiger partial charge in [-0.25, -0.2) is 4.39 Å². The number of methoxy groups -OCH3 is 1. The average molecular weight is 455 g/mol. The van der Waals surface area contributed by atoms with Crippen LogP contribution in [0.1, 0.15) is 18.1 Å². The minimum Gasteiger partial charge on any atom is -0.497 e. The van der Waals surface area contributed by atoms with Gasteiger partial charge in [-0.3, -0.25) is 4.90 Å². The summed E-state index contributed by atoms with van der Waals surface area (Å²) in [7, 11) is 1.67. The highest BCUT2D eigenvalue weighted by Gasteiger charge is 2.21. The van der Waals surface area contributed by atoms with Crippen LogP contribution in [-0.4, -0.2) is 44.7 Å². The first-order chi connectivity index (χ1) is 15.6. The molecule has 0 bridgehead atoms. The highest BCUT2D eigenvalue weighted by Crippen LogP contribution is 2.32. The summed E-state index contributed by atoms with van der Waals surface area (Å²) < 4.78 is 25.0. The van der Waals surface area contributed by atoms with Crippen LogP contribution in [0.4, 0.5) is 10.1 Å². The Bertz CT molecular complexity index is 1010. The van der Waals surface area contributed by atoms with Crippen molar-refractivity contribution in [2.24, 2.45) is 0 Å². The van der Waals surface area contributed by atoms with Gasteiger partial charge in [-0.05, 0) is 54.1 Å². The fourth-order valence-corrected chi connectivity index (χ4v) is 4.19. The molecule has 0 spiro atoms. The predicted molar refractivity (Wildman–Crippen MR) is 127 cm³/mol. The average Bonchev–Trinajstić information content (AvgIpc) is 2.84. The van der Waals surface area contributed by atoms with Crippen molar-refractivity contribution < 1.29 is 13.9 Å². The topological polar surface area (TPSA) is 24.9 Å². The molecule has 1 saturated heterocycles. The number of ether oxygens (including phenoxy) is 2. The molecule has 4 rings (SSSR count). The number of para-hydroxylation sites is 1. The molecule has 32 heavy (non-hydrogen) atoms. The molecule has 0 radical (unpaired) electrons. The maximum absolute atomic E-state index is 13.2. The van der Waals surface area contributed by atoms with Crippen LogP contribution < -0.4 is 14.4 Å². The highest BCUT2D eigenvalue weighted by atomic mass is 35.5. The molecule has 0 saturated carbocycles. The predicted octanol–water partition coefficient (Wildman–Crippen LogP) is 5.82. The highest BCUT2D eigenvalue weighted by molar-refractivity contribution is 6.32. The van der Waals surface area contributed by atoms with E-state index in [2.05, 4.69) is 15.9 Å². The summed E-state index contributed by atoms with van der Waals surface area (Å²) in [5.41, 5.74) is 2.14. The van der Waals surface area contributed by atoms with E-state index in [1.807, 2.05) is 54.6 Å². The summed E-state index contributed by atoms with van der Waals surface area (Å²) in [5, 5.41) is 0.605. The zero-order valence-corrected chi connectivity index (χ0v) is 19.0.